The number of sulfonamides is 1. The number of amides is 1. The molecule has 2 aromatic carbocycles. The van der Waals surface area contributed by atoms with Gasteiger partial charge in [0.25, 0.3) is 10.0 Å². The average molecular weight is 380 g/mol. The Morgan fingerprint density at radius 3 is 2.46 bits per heavy atom. The number of hydrogen-bond donors (Lipinski definition) is 1. The lowest BCUT2D eigenvalue weighted by Gasteiger charge is -2.28. The van der Waals surface area contributed by atoms with Crippen molar-refractivity contribution in [3.63, 3.8) is 0 Å². The van der Waals surface area contributed by atoms with Crippen LogP contribution in [0.25, 0.3) is 0 Å². The summed E-state index contributed by atoms with van der Waals surface area (Å²) >= 11 is 0. The minimum absolute atomic E-state index is 0.0504. The number of nitrogens with one attached hydrogen (secondary N) is 1. The molecule has 0 unspecified atom stereocenters. The largest absolute Gasteiger partial charge is 0.312 e. The average Bonchev–Trinajstić information content (AvgIpc) is 2.58. The molecule has 1 aliphatic heterocycles. The summed E-state index contributed by atoms with van der Waals surface area (Å²) in [5, 5.41) is 0. The molecule has 2 aromatic rings. The van der Waals surface area contributed by atoms with Crippen molar-refractivity contribution in [2.45, 2.75) is 31.1 Å². The van der Waals surface area contributed by atoms with E-state index in [0.717, 1.165) is 36.2 Å². The lowest BCUT2D eigenvalue weighted by Crippen LogP contribution is -2.35. The van der Waals surface area contributed by atoms with E-state index in [4.69, 9.17) is 0 Å². The topological polar surface area (TPSA) is 66.5 Å². The second-order valence-corrected chi connectivity index (χ2v) is 7.87. The Kier molecular flexibility index (Phi) is 4.95. The van der Waals surface area contributed by atoms with Crippen LogP contribution in [-0.4, -0.2) is 20.9 Å². The van der Waals surface area contributed by atoms with Gasteiger partial charge < -0.3 is 4.90 Å². The molecule has 1 aliphatic rings. The monoisotopic (exact) mass is 380 g/mol. The van der Waals surface area contributed by atoms with Crippen molar-refractivity contribution in [2.24, 2.45) is 0 Å². The number of hydrogen-bond acceptors (Lipinski definition) is 3. The van der Waals surface area contributed by atoms with Gasteiger partial charge in [-0.3, -0.25) is 9.52 Å². The Labute approximate surface area is 150 Å². The minimum Gasteiger partial charge on any atom is -0.312 e. The molecule has 0 aliphatic carbocycles. The van der Waals surface area contributed by atoms with Crippen molar-refractivity contribution in [3.05, 3.63) is 53.6 Å². The highest BCUT2D eigenvalue weighted by Gasteiger charge is 2.22. The predicted octanol–water partition coefficient (Wildman–Crippen LogP) is 3.59. The molecule has 0 saturated carbocycles. The lowest BCUT2D eigenvalue weighted by atomic mass is 10.1. The fourth-order valence-electron chi connectivity index (χ4n) is 2.94. The van der Waals surface area contributed by atoms with Gasteiger partial charge in [0.2, 0.25) is 5.91 Å². The van der Waals surface area contributed by atoms with Crippen molar-refractivity contribution in [2.75, 3.05) is 16.2 Å². The number of rotatable bonds is 4. The maximum atomic E-state index is 13.3. The molecule has 8 heteroatoms. The van der Waals surface area contributed by atoms with Crippen LogP contribution in [0, 0.1) is 18.6 Å². The van der Waals surface area contributed by atoms with E-state index in [1.165, 1.54) is 0 Å². The van der Waals surface area contributed by atoms with E-state index >= 15 is 0 Å². The maximum Gasteiger partial charge on any atom is 0.261 e. The van der Waals surface area contributed by atoms with Gasteiger partial charge in [-0.1, -0.05) is 0 Å². The second kappa shape index (κ2) is 7.03. The number of carbonyl (C=O) groups is 1. The normalized spacial score (nSPS) is 15.2. The fourth-order valence-corrected chi connectivity index (χ4v) is 4.00. The SMILES string of the molecule is Cc1cc(NS(=O)(=O)c2ccc(F)c(F)c2)ccc1N1CCCCC1=O. The first-order valence-electron chi connectivity index (χ1n) is 8.17. The molecular formula is C18H18F2N2O3S. The number of nitrogens with zero attached hydrogens (tertiary/aromatic N) is 1. The maximum absolute atomic E-state index is 13.3. The van der Waals surface area contributed by atoms with Gasteiger partial charge in [0.15, 0.2) is 11.6 Å². The number of aryl methyl sites for hydroxylation is 1. The third-order valence-corrected chi connectivity index (χ3v) is 5.64. The third kappa shape index (κ3) is 3.70. The molecular weight excluding hydrogens is 362 g/mol. The van der Waals surface area contributed by atoms with Crippen molar-refractivity contribution >= 4 is 27.3 Å². The van der Waals surface area contributed by atoms with Crippen molar-refractivity contribution < 1.29 is 22.0 Å². The Morgan fingerprint density at radius 1 is 1.04 bits per heavy atom. The Hall–Kier alpha value is -2.48. The zero-order valence-electron chi connectivity index (χ0n) is 14.1. The van der Waals surface area contributed by atoms with E-state index in [1.54, 1.807) is 30.0 Å². The number of anilines is 2. The summed E-state index contributed by atoms with van der Waals surface area (Å²) in [6.45, 7) is 2.42. The Bertz CT molecular complexity index is 961. The van der Waals surface area contributed by atoms with Crippen LogP contribution < -0.4 is 9.62 Å². The zero-order chi connectivity index (χ0) is 18.9. The first-order chi connectivity index (χ1) is 12.3. The molecule has 5 nitrogen and oxygen atoms in total. The third-order valence-electron chi connectivity index (χ3n) is 4.26. The molecule has 1 amide bonds. The van der Waals surface area contributed by atoms with E-state index < -0.39 is 21.7 Å². The van der Waals surface area contributed by atoms with Crippen LogP contribution in [0.15, 0.2) is 41.3 Å². The molecule has 26 heavy (non-hydrogen) atoms. The van der Waals surface area contributed by atoms with Gasteiger partial charge in [0.1, 0.15) is 0 Å². The van der Waals surface area contributed by atoms with Crippen LogP contribution in [0.3, 0.4) is 0 Å². The molecule has 0 spiro atoms. The summed E-state index contributed by atoms with van der Waals surface area (Å²) in [7, 11) is -4.06. The van der Waals surface area contributed by atoms with Crippen LogP contribution in [0.2, 0.25) is 0 Å². The molecule has 1 fully saturated rings. The molecule has 0 aromatic heterocycles. The highest BCUT2D eigenvalue weighted by Crippen LogP contribution is 2.28. The number of halogens is 2. The molecule has 0 bridgehead atoms. The van der Waals surface area contributed by atoms with Crippen LogP contribution in [0.4, 0.5) is 20.2 Å². The number of piperidine rings is 1. The molecule has 1 heterocycles. The van der Waals surface area contributed by atoms with Gasteiger partial charge in [-0.2, -0.15) is 0 Å². The standard InChI is InChI=1S/C18H18F2N2O3S/c1-12-10-13(5-8-17(12)22-9-3-2-4-18(22)23)21-26(24,25)14-6-7-15(19)16(20)11-14/h5-8,10-11,21H,2-4,9H2,1H3. The zero-order valence-corrected chi connectivity index (χ0v) is 14.9. The summed E-state index contributed by atoms with van der Waals surface area (Å²) in [6.07, 6.45) is 2.31. The number of benzene rings is 2. The summed E-state index contributed by atoms with van der Waals surface area (Å²) in [5.41, 5.74) is 1.76. The van der Waals surface area contributed by atoms with Crippen LogP contribution in [-0.2, 0) is 14.8 Å². The molecule has 0 radical (unpaired) electrons. The molecule has 138 valence electrons. The first kappa shape index (κ1) is 18.3. The van der Waals surface area contributed by atoms with Gasteiger partial charge in [0, 0.05) is 24.3 Å². The summed E-state index contributed by atoms with van der Waals surface area (Å²) in [4.78, 5) is 13.4. The smallest absolute Gasteiger partial charge is 0.261 e. The van der Waals surface area contributed by atoms with Crippen molar-refractivity contribution in [1.29, 1.82) is 0 Å². The van der Waals surface area contributed by atoms with E-state index in [2.05, 4.69) is 4.72 Å². The Balaban J connectivity index is 1.85. The summed E-state index contributed by atoms with van der Waals surface area (Å²) in [6, 6.07) is 7.22. The molecule has 1 saturated heterocycles. The van der Waals surface area contributed by atoms with Crippen LogP contribution in [0.1, 0.15) is 24.8 Å². The van der Waals surface area contributed by atoms with Gasteiger partial charge in [-0.05, 0) is 61.7 Å². The minimum atomic E-state index is -4.06. The van der Waals surface area contributed by atoms with E-state index in [-0.39, 0.29) is 16.5 Å². The van der Waals surface area contributed by atoms with E-state index in [9.17, 15) is 22.0 Å². The van der Waals surface area contributed by atoms with Crippen LogP contribution >= 0.6 is 0 Å². The van der Waals surface area contributed by atoms with Crippen LogP contribution in [0.5, 0.6) is 0 Å². The first-order valence-corrected chi connectivity index (χ1v) is 9.65. The van der Waals surface area contributed by atoms with Crippen molar-refractivity contribution in [1.82, 2.24) is 0 Å². The molecule has 0 atom stereocenters. The lowest BCUT2D eigenvalue weighted by molar-refractivity contribution is -0.119. The van der Waals surface area contributed by atoms with Crippen molar-refractivity contribution in [3.8, 4) is 0 Å². The predicted molar refractivity (Wildman–Crippen MR) is 94.5 cm³/mol. The van der Waals surface area contributed by atoms with E-state index in [1.807, 2.05) is 0 Å². The molecule has 3 rings (SSSR count). The molecule has 1 N–H and O–H groups in total. The van der Waals surface area contributed by atoms with Gasteiger partial charge >= 0.3 is 0 Å². The van der Waals surface area contributed by atoms with Gasteiger partial charge in [-0.25, -0.2) is 17.2 Å². The highest BCUT2D eigenvalue weighted by molar-refractivity contribution is 7.92. The second-order valence-electron chi connectivity index (χ2n) is 6.19. The Morgan fingerprint density at radius 2 is 1.81 bits per heavy atom. The summed E-state index contributed by atoms with van der Waals surface area (Å²) in [5.74, 6) is -2.30. The summed E-state index contributed by atoms with van der Waals surface area (Å²) < 4.78 is 53.3. The van der Waals surface area contributed by atoms with Gasteiger partial charge in [0.05, 0.1) is 4.90 Å². The highest BCUT2D eigenvalue weighted by atomic mass is 32.2. The fraction of sp³-hybridized carbons (Fsp3) is 0.278. The number of carbonyl (C=O) groups excluding carboxylic acids is 1. The quantitative estimate of drug-likeness (QED) is 0.882. The van der Waals surface area contributed by atoms with Gasteiger partial charge in [-0.15, -0.1) is 0 Å². The van der Waals surface area contributed by atoms with E-state index in [0.29, 0.717) is 19.0 Å².